The summed E-state index contributed by atoms with van der Waals surface area (Å²) in [4.78, 5) is 2.58. The molecule has 0 aromatic heterocycles. The van der Waals surface area contributed by atoms with Crippen molar-refractivity contribution in [3.8, 4) is 0 Å². The first kappa shape index (κ1) is 15.4. The molecule has 112 valence electrons. The molecule has 0 saturated heterocycles. The minimum Gasteiger partial charge on any atom is -0.365 e. The van der Waals surface area contributed by atoms with Gasteiger partial charge in [-0.1, -0.05) is 32.0 Å². The molecule has 1 aliphatic rings. The molecule has 1 saturated carbocycles. The molecule has 0 aliphatic heterocycles. The molecular weight excluding hydrogens is 244 g/mol. The zero-order chi connectivity index (χ0) is 14.8. The molecule has 0 radical (unpaired) electrons. The number of nitrogens with zero attached hydrogens (tertiary/aromatic N) is 1. The number of para-hydroxylation sites is 1. The molecule has 2 unspecified atom stereocenters. The summed E-state index contributed by atoms with van der Waals surface area (Å²) in [7, 11) is 0. The van der Waals surface area contributed by atoms with Crippen LogP contribution in [0.5, 0.6) is 0 Å². The number of rotatable bonds is 4. The average molecular weight is 274 g/mol. The lowest BCUT2D eigenvalue weighted by molar-refractivity contribution is 0.178. The predicted octanol–water partition coefficient (Wildman–Crippen LogP) is 3.97. The molecule has 2 rings (SSSR count). The Bertz CT molecular complexity index is 431. The number of nitrogens with two attached hydrogens (primary N) is 1. The second-order valence-electron chi connectivity index (χ2n) is 6.81. The first-order valence-corrected chi connectivity index (χ1v) is 8.05. The van der Waals surface area contributed by atoms with Crippen molar-refractivity contribution in [2.45, 2.75) is 52.5 Å². The summed E-state index contributed by atoms with van der Waals surface area (Å²) in [6.45, 7) is 11.0. The van der Waals surface area contributed by atoms with Crippen LogP contribution in [0.4, 0.5) is 5.69 Å². The average Bonchev–Trinajstić information content (AvgIpc) is 2.40. The van der Waals surface area contributed by atoms with E-state index in [2.05, 4.69) is 56.9 Å². The molecular formula is C18H30N2. The van der Waals surface area contributed by atoms with Gasteiger partial charge in [0.05, 0.1) is 5.54 Å². The van der Waals surface area contributed by atoms with E-state index in [-0.39, 0.29) is 5.54 Å². The fourth-order valence-electron chi connectivity index (χ4n) is 4.36. The van der Waals surface area contributed by atoms with Crippen molar-refractivity contribution in [3.63, 3.8) is 0 Å². The summed E-state index contributed by atoms with van der Waals surface area (Å²) < 4.78 is 0. The molecule has 1 fully saturated rings. The van der Waals surface area contributed by atoms with Gasteiger partial charge in [0.1, 0.15) is 0 Å². The van der Waals surface area contributed by atoms with Crippen molar-refractivity contribution in [2.75, 3.05) is 18.0 Å². The maximum atomic E-state index is 6.28. The number of aryl methyl sites for hydroxylation is 1. The molecule has 2 N–H and O–H groups in total. The van der Waals surface area contributed by atoms with E-state index >= 15 is 0 Å². The Morgan fingerprint density at radius 2 is 1.80 bits per heavy atom. The molecule has 2 heteroatoms. The van der Waals surface area contributed by atoms with Gasteiger partial charge in [0, 0.05) is 18.8 Å². The number of hydrogen-bond donors (Lipinski definition) is 1. The van der Waals surface area contributed by atoms with Crippen LogP contribution in [-0.4, -0.2) is 18.6 Å². The molecule has 0 bridgehead atoms. The monoisotopic (exact) mass is 274 g/mol. The standard InChI is InChI=1S/C18H30N2/c1-5-20(17-9-7-6-8-16(17)4)18(13-19)11-14(2)10-15(3)12-18/h6-9,14-15H,5,10-13,19H2,1-4H3. The van der Waals surface area contributed by atoms with Crippen LogP contribution >= 0.6 is 0 Å². The molecule has 0 amide bonds. The number of likely N-dealkylation sites (N-methyl/N-ethyl adjacent to an activating group) is 1. The molecule has 20 heavy (non-hydrogen) atoms. The summed E-state index contributed by atoms with van der Waals surface area (Å²) >= 11 is 0. The second-order valence-corrected chi connectivity index (χ2v) is 6.81. The minimum absolute atomic E-state index is 0.137. The Morgan fingerprint density at radius 3 is 2.30 bits per heavy atom. The number of anilines is 1. The van der Waals surface area contributed by atoms with Crippen molar-refractivity contribution in [2.24, 2.45) is 17.6 Å². The SMILES string of the molecule is CCN(c1ccccc1C)C1(CN)CC(C)CC(C)C1. The van der Waals surface area contributed by atoms with Crippen molar-refractivity contribution in [1.82, 2.24) is 0 Å². The van der Waals surface area contributed by atoms with Crippen LogP contribution in [0.3, 0.4) is 0 Å². The van der Waals surface area contributed by atoms with Crippen LogP contribution in [0.2, 0.25) is 0 Å². The maximum Gasteiger partial charge on any atom is 0.0529 e. The molecule has 2 nitrogen and oxygen atoms in total. The highest BCUT2D eigenvalue weighted by Crippen LogP contribution is 2.41. The lowest BCUT2D eigenvalue weighted by atomic mass is 9.70. The Kier molecular flexibility index (Phi) is 4.74. The van der Waals surface area contributed by atoms with Gasteiger partial charge >= 0.3 is 0 Å². The van der Waals surface area contributed by atoms with Gasteiger partial charge in [0.25, 0.3) is 0 Å². The maximum absolute atomic E-state index is 6.28. The van der Waals surface area contributed by atoms with Gasteiger partial charge in [-0.25, -0.2) is 0 Å². The van der Waals surface area contributed by atoms with Crippen LogP contribution in [0.15, 0.2) is 24.3 Å². The van der Waals surface area contributed by atoms with Crippen LogP contribution in [0.1, 0.15) is 45.6 Å². The number of hydrogen-bond acceptors (Lipinski definition) is 2. The summed E-state index contributed by atoms with van der Waals surface area (Å²) in [5.41, 5.74) is 9.14. The summed E-state index contributed by atoms with van der Waals surface area (Å²) in [6, 6.07) is 8.72. The highest BCUT2D eigenvalue weighted by molar-refractivity contribution is 5.55. The van der Waals surface area contributed by atoms with Crippen molar-refractivity contribution >= 4 is 5.69 Å². The highest BCUT2D eigenvalue weighted by atomic mass is 15.2. The topological polar surface area (TPSA) is 29.3 Å². The van der Waals surface area contributed by atoms with E-state index in [1.165, 1.54) is 30.5 Å². The highest BCUT2D eigenvalue weighted by Gasteiger charge is 2.41. The summed E-state index contributed by atoms with van der Waals surface area (Å²) in [6.07, 6.45) is 3.78. The molecule has 1 aromatic rings. The lowest BCUT2D eigenvalue weighted by Crippen LogP contribution is -2.58. The first-order valence-electron chi connectivity index (χ1n) is 8.05. The zero-order valence-corrected chi connectivity index (χ0v) is 13.5. The molecule has 0 heterocycles. The molecule has 0 spiro atoms. The van der Waals surface area contributed by atoms with Gasteiger partial charge in [0.15, 0.2) is 0 Å². The third kappa shape index (κ3) is 2.85. The van der Waals surface area contributed by atoms with E-state index in [9.17, 15) is 0 Å². The third-order valence-corrected chi connectivity index (χ3v) is 4.94. The molecule has 1 aromatic carbocycles. The quantitative estimate of drug-likeness (QED) is 0.900. The fourth-order valence-corrected chi connectivity index (χ4v) is 4.36. The number of benzene rings is 1. The van der Waals surface area contributed by atoms with E-state index in [0.717, 1.165) is 24.9 Å². The first-order chi connectivity index (χ1) is 9.52. The van der Waals surface area contributed by atoms with E-state index in [0.29, 0.717) is 0 Å². The van der Waals surface area contributed by atoms with Crippen LogP contribution in [0.25, 0.3) is 0 Å². The summed E-state index contributed by atoms with van der Waals surface area (Å²) in [5, 5.41) is 0. The van der Waals surface area contributed by atoms with Gasteiger partial charge in [-0.05, 0) is 56.6 Å². The zero-order valence-electron chi connectivity index (χ0n) is 13.5. The van der Waals surface area contributed by atoms with Gasteiger partial charge < -0.3 is 10.6 Å². The van der Waals surface area contributed by atoms with Crippen molar-refractivity contribution < 1.29 is 0 Å². The van der Waals surface area contributed by atoms with E-state index < -0.39 is 0 Å². The van der Waals surface area contributed by atoms with E-state index in [1.54, 1.807) is 0 Å². The lowest BCUT2D eigenvalue weighted by Gasteiger charge is -2.51. The Hall–Kier alpha value is -1.02. The third-order valence-electron chi connectivity index (χ3n) is 4.94. The van der Waals surface area contributed by atoms with E-state index in [1.807, 2.05) is 0 Å². The van der Waals surface area contributed by atoms with E-state index in [4.69, 9.17) is 5.73 Å². The van der Waals surface area contributed by atoms with Crippen LogP contribution in [-0.2, 0) is 0 Å². The second kappa shape index (κ2) is 6.17. The van der Waals surface area contributed by atoms with Crippen LogP contribution in [0, 0.1) is 18.8 Å². The normalized spacial score (nSPS) is 30.2. The van der Waals surface area contributed by atoms with Gasteiger partial charge in [-0.15, -0.1) is 0 Å². The Balaban J connectivity index is 2.39. The van der Waals surface area contributed by atoms with Gasteiger partial charge in [-0.2, -0.15) is 0 Å². The molecule has 1 aliphatic carbocycles. The molecule has 2 atom stereocenters. The van der Waals surface area contributed by atoms with Crippen molar-refractivity contribution in [3.05, 3.63) is 29.8 Å². The van der Waals surface area contributed by atoms with Crippen molar-refractivity contribution in [1.29, 1.82) is 0 Å². The largest absolute Gasteiger partial charge is 0.365 e. The minimum atomic E-state index is 0.137. The Labute approximate surface area is 124 Å². The fraction of sp³-hybridized carbons (Fsp3) is 0.667. The predicted molar refractivity (Wildman–Crippen MR) is 88.2 cm³/mol. The van der Waals surface area contributed by atoms with Gasteiger partial charge in [-0.3, -0.25) is 0 Å². The van der Waals surface area contributed by atoms with Crippen LogP contribution < -0.4 is 10.6 Å². The summed E-state index contributed by atoms with van der Waals surface area (Å²) in [5.74, 6) is 1.53. The smallest absolute Gasteiger partial charge is 0.0529 e. The Morgan fingerprint density at radius 1 is 1.20 bits per heavy atom. The van der Waals surface area contributed by atoms with Gasteiger partial charge in [0.2, 0.25) is 0 Å².